The number of carbonyl (C=O) groups is 3. The average Bonchev–Trinajstić information content (AvgIpc) is 3.06. The molecule has 0 atom stereocenters. The fourth-order valence-electron chi connectivity index (χ4n) is 3.78. The highest BCUT2D eigenvalue weighted by atomic mass is 16.4. The zero-order valence-corrected chi connectivity index (χ0v) is 14.3. The van der Waals surface area contributed by atoms with E-state index in [2.05, 4.69) is 5.32 Å². The summed E-state index contributed by atoms with van der Waals surface area (Å²) in [6, 6.07) is 6.96. The van der Waals surface area contributed by atoms with Crippen molar-refractivity contribution in [1.82, 2.24) is 5.32 Å². The predicted octanol–water partition coefficient (Wildman–Crippen LogP) is 2.58. The van der Waals surface area contributed by atoms with E-state index in [-0.39, 0.29) is 18.4 Å². The second-order valence-corrected chi connectivity index (χ2v) is 7.03. The van der Waals surface area contributed by atoms with Gasteiger partial charge in [-0.25, -0.2) is 0 Å². The molecule has 2 amide bonds. The maximum atomic E-state index is 12.5. The van der Waals surface area contributed by atoms with Crippen LogP contribution in [0, 0.1) is 5.41 Å². The van der Waals surface area contributed by atoms with Gasteiger partial charge in [-0.1, -0.05) is 25.3 Å². The van der Waals surface area contributed by atoms with Crippen LogP contribution in [0.1, 0.15) is 55.3 Å². The van der Waals surface area contributed by atoms with Crippen LogP contribution < -0.4 is 10.2 Å². The second-order valence-electron chi connectivity index (χ2n) is 7.03. The number of anilines is 1. The minimum atomic E-state index is -0.851. The molecule has 6 nitrogen and oxygen atoms in total. The van der Waals surface area contributed by atoms with Gasteiger partial charge in [-0.15, -0.1) is 0 Å². The van der Waals surface area contributed by atoms with Crippen LogP contribution >= 0.6 is 0 Å². The van der Waals surface area contributed by atoms with Gasteiger partial charge in [0.05, 0.1) is 5.41 Å². The van der Waals surface area contributed by atoms with Gasteiger partial charge >= 0.3 is 5.97 Å². The summed E-state index contributed by atoms with van der Waals surface area (Å²) in [6.45, 7) is 0.820. The number of amides is 2. The standard InChI is InChI=1S/C19H24N2O4/c22-16-8-5-11-21(16)15-7-4-6-14(12-15)17(23)20-13-19(18(24)25)9-2-1-3-10-19/h4,6-7,12H,1-3,5,8-11,13H2,(H,20,23)(H,24,25). The summed E-state index contributed by atoms with van der Waals surface area (Å²) in [6.07, 6.45) is 5.39. The first kappa shape index (κ1) is 17.5. The molecule has 0 bridgehead atoms. The zero-order valence-electron chi connectivity index (χ0n) is 14.3. The van der Waals surface area contributed by atoms with E-state index < -0.39 is 11.4 Å². The maximum absolute atomic E-state index is 12.5. The van der Waals surface area contributed by atoms with Crippen molar-refractivity contribution < 1.29 is 19.5 Å². The number of nitrogens with one attached hydrogen (secondary N) is 1. The molecular weight excluding hydrogens is 320 g/mol. The molecule has 6 heteroatoms. The molecule has 2 aliphatic rings. The van der Waals surface area contributed by atoms with E-state index in [0.29, 0.717) is 31.4 Å². The van der Waals surface area contributed by atoms with Gasteiger partial charge in [-0.3, -0.25) is 14.4 Å². The lowest BCUT2D eigenvalue weighted by molar-refractivity contribution is -0.150. The van der Waals surface area contributed by atoms with Crippen molar-refractivity contribution in [2.24, 2.45) is 5.41 Å². The number of nitrogens with zero attached hydrogens (tertiary/aromatic N) is 1. The van der Waals surface area contributed by atoms with Crippen LogP contribution in [0.4, 0.5) is 5.69 Å². The highest BCUT2D eigenvalue weighted by Gasteiger charge is 2.39. The fraction of sp³-hybridized carbons (Fsp3) is 0.526. The summed E-state index contributed by atoms with van der Waals surface area (Å²) in [5.74, 6) is -1.05. The molecule has 1 aromatic rings. The van der Waals surface area contributed by atoms with Gasteiger partial charge in [0.25, 0.3) is 5.91 Å². The highest BCUT2D eigenvalue weighted by molar-refractivity contribution is 5.99. The molecule has 25 heavy (non-hydrogen) atoms. The lowest BCUT2D eigenvalue weighted by Gasteiger charge is -2.33. The number of carboxylic acids is 1. The monoisotopic (exact) mass is 344 g/mol. The largest absolute Gasteiger partial charge is 0.481 e. The molecular formula is C19H24N2O4. The Morgan fingerprint density at radius 3 is 2.56 bits per heavy atom. The predicted molar refractivity (Wildman–Crippen MR) is 93.5 cm³/mol. The molecule has 2 fully saturated rings. The summed E-state index contributed by atoms with van der Waals surface area (Å²) in [4.78, 5) is 37.7. The van der Waals surface area contributed by atoms with Crippen LogP contribution in [0.3, 0.4) is 0 Å². The molecule has 0 radical (unpaired) electrons. The third-order valence-corrected chi connectivity index (χ3v) is 5.35. The summed E-state index contributed by atoms with van der Waals surface area (Å²) in [7, 11) is 0. The number of carbonyl (C=O) groups excluding carboxylic acids is 2. The molecule has 1 aliphatic heterocycles. The molecule has 1 heterocycles. The van der Waals surface area contributed by atoms with E-state index in [1.54, 1.807) is 23.1 Å². The zero-order chi connectivity index (χ0) is 17.9. The number of carboxylic acid groups (broad SMARTS) is 1. The topological polar surface area (TPSA) is 86.7 Å². The van der Waals surface area contributed by atoms with Gasteiger partial charge in [0, 0.05) is 30.8 Å². The van der Waals surface area contributed by atoms with Crippen LogP contribution in [0.25, 0.3) is 0 Å². The van der Waals surface area contributed by atoms with Crippen molar-refractivity contribution in [3.8, 4) is 0 Å². The summed E-state index contributed by atoms with van der Waals surface area (Å²) >= 11 is 0. The first-order valence-corrected chi connectivity index (χ1v) is 8.94. The quantitative estimate of drug-likeness (QED) is 0.859. The molecule has 0 unspecified atom stereocenters. The van der Waals surface area contributed by atoms with Crippen molar-refractivity contribution in [3.05, 3.63) is 29.8 Å². The van der Waals surface area contributed by atoms with Crippen LogP contribution in [0.15, 0.2) is 24.3 Å². The maximum Gasteiger partial charge on any atom is 0.311 e. The molecule has 1 saturated carbocycles. The Balaban J connectivity index is 1.69. The first-order chi connectivity index (χ1) is 12.0. The third kappa shape index (κ3) is 3.67. The molecule has 134 valence electrons. The van der Waals surface area contributed by atoms with Crippen LogP contribution in [0.2, 0.25) is 0 Å². The van der Waals surface area contributed by atoms with E-state index >= 15 is 0 Å². The first-order valence-electron chi connectivity index (χ1n) is 8.94. The SMILES string of the molecule is O=C(NCC1(C(=O)O)CCCCC1)c1cccc(N2CCCC2=O)c1. The molecule has 3 rings (SSSR count). The van der Waals surface area contributed by atoms with E-state index in [1.165, 1.54) is 0 Å². The lowest BCUT2D eigenvalue weighted by atomic mass is 9.74. The minimum absolute atomic E-state index is 0.0737. The number of aliphatic carboxylic acids is 1. The van der Waals surface area contributed by atoms with E-state index in [0.717, 1.165) is 31.4 Å². The number of benzene rings is 1. The highest BCUT2D eigenvalue weighted by Crippen LogP contribution is 2.36. The van der Waals surface area contributed by atoms with Crippen molar-refractivity contribution >= 4 is 23.5 Å². The van der Waals surface area contributed by atoms with Gasteiger partial charge in [0.1, 0.15) is 0 Å². The molecule has 2 N–H and O–H groups in total. The second kappa shape index (κ2) is 7.25. The van der Waals surface area contributed by atoms with Crippen molar-refractivity contribution in [2.75, 3.05) is 18.0 Å². The summed E-state index contributed by atoms with van der Waals surface area (Å²) in [5, 5.41) is 12.4. The van der Waals surface area contributed by atoms with E-state index in [4.69, 9.17) is 0 Å². The molecule has 1 aromatic carbocycles. The summed E-state index contributed by atoms with van der Waals surface area (Å²) < 4.78 is 0. The third-order valence-electron chi connectivity index (χ3n) is 5.35. The Kier molecular flexibility index (Phi) is 5.06. The minimum Gasteiger partial charge on any atom is -0.481 e. The van der Waals surface area contributed by atoms with Gasteiger partial charge in [0.2, 0.25) is 5.91 Å². The Hall–Kier alpha value is -2.37. The molecule has 0 spiro atoms. The number of hydrogen-bond donors (Lipinski definition) is 2. The average molecular weight is 344 g/mol. The van der Waals surface area contributed by atoms with Gasteiger partial charge in [0.15, 0.2) is 0 Å². The Morgan fingerprint density at radius 1 is 1.16 bits per heavy atom. The molecule has 0 aromatic heterocycles. The Bertz CT molecular complexity index is 680. The van der Waals surface area contributed by atoms with Crippen molar-refractivity contribution in [3.63, 3.8) is 0 Å². The Labute approximate surface area is 147 Å². The molecule has 1 saturated heterocycles. The van der Waals surface area contributed by atoms with Crippen LogP contribution in [-0.2, 0) is 9.59 Å². The van der Waals surface area contributed by atoms with E-state index in [1.807, 2.05) is 6.07 Å². The number of hydrogen-bond acceptors (Lipinski definition) is 3. The van der Waals surface area contributed by atoms with Crippen molar-refractivity contribution in [1.29, 1.82) is 0 Å². The number of rotatable bonds is 5. The normalized spacial score (nSPS) is 19.7. The van der Waals surface area contributed by atoms with Crippen molar-refractivity contribution in [2.45, 2.75) is 44.9 Å². The van der Waals surface area contributed by atoms with Crippen LogP contribution in [-0.4, -0.2) is 36.0 Å². The smallest absolute Gasteiger partial charge is 0.311 e. The van der Waals surface area contributed by atoms with Gasteiger partial charge in [-0.05, 0) is 37.5 Å². The summed E-state index contributed by atoms with van der Waals surface area (Å²) in [5.41, 5.74) is 0.325. The molecule has 1 aliphatic carbocycles. The fourth-order valence-corrected chi connectivity index (χ4v) is 3.78. The van der Waals surface area contributed by atoms with Crippen LogP contribution in [0.5, 0.6) is 0 Å². The van der Waals surface area contributed by atoms with Gasteiger partial charge in [-0.2, -0.15) is 0 Å². The lowest BCUT2D eigenvalue weighted by Crippen LogP contribution is -2.44. The van der Waals surface area contributed by atoms with E-state index in [9.17, 15) is 19.5 Å². The Morgan fingerprint density at radius 2 is 1.92 bits per heavy atom. The van der Waals surface area contributed by atoms with Gasteiger partial charge < -0.3 is 15.3 Å².